The van der Waals surface area contributed by atoms with E-state index in [1.165, 1.54) is 128 Å². The van der Waals surface area contributed by atoms with Crippen LogP contribution in [0.5, 0.6) is 0 Å². The fourth-order valence-corrected chi connectivity index (χ4v) is 12.5. The van der Waals surface area contributed by atoms with E-state index in [0.717, 1.165) is 154 Å². The van der Waals surface area contributed by atoms with Gasteiger partial charge >= 0.3 is 39.5 Å². The quantitative estimate of drug-likeness (QED) is 0.0169. The summed E-state index contributed by atoms with van der Waals surface area (Å²) in [7, 11) is -9.95. The first kappa shape index (κ1) is 96.5. The number of aliphatic hydroxyl groups excluding tert-OH is 1. The van der Waals surface area contributed by atoms with E-state index in [-0.39, 0.29) is 25.7 Å². The zero-order chi connectivity index (χ0) is 73.2. The number of hydrogen-bond donors (Lipinski definition) is 3. The van der Waals surface area contributed by atoms with E-state index >= 15 is 0 Å². The molecule has 0 aliphatic rings. The zero-order valence-electron chi connectivity index (χ0n) is 63.6. The van der Waals surface area contributed by atoms with Crippen molar-refractivity contribution in [3.8, 4) is 0 Å². The standard InChI is InChI=1S/C81H146O17P2/c1-5-9-13-17-21-25-29-33-37-41-45-49-53-57-61-65-78(83)91-71-76(97-80(85)67-63-59-55-51-47-43-39-35-31-27-23-19-15-11-7-3)73-95-99(87,88)93-69-75(82)70-94-100(89,90)96-74-77(98-81(86)68-64-60-56-52-48-44-40-36-32-28-24-20-16-12-8-4)72-92-79(84)66-62-58-54-50-46-42-38-34-30-26-22-18-14-10-6-2/h21,23-25,27-28,33,35-37,39-40,75-77,82H,5-20,22,26,29-32,34,38,41-74H2,1-4H3,(H,87,88)(H,89,90)/b25-21-,27-23-,28-24-,37-33-,39-35-,40-36-/t75-,76-,77-/m1/s1. The van der Waals surface area contributed by atoms with Crippen LogP contribution in [0.2, 0.25) is 0 Å². The molecule has 2 unspecified atom stereocenters. The van der Waals surface area contributed by atoms with E-state index in [9.17, 15) is 43.2 Å². The first-order valence-electron chi connectivity index (χ1n) is 40.2. The summed E-state index contributed by atoms with van der Waals surface area (Å²) in [6.07, 6.45) is 74.4. The van der Waals surface area contributed by atoms with Gasteiger partial charge in [0.05, 0.1) is 26.4 Å². The topological polar surface area (TPSA) is 237 Å². The van der Waals surface area contributed by atoms with Crippen molar-refractivity contribution in [2.75, 3.05) is 39.6 Å². The lowest BCUT2D eigenvalue weighted by molar-refractivity contribution is -0.161. The molecule has 0 rings (SSSR count). The summed E-state index contributed by atoms with van der Waals surface area (Å²) in [6, 6.07) is 0. The highest BCUT2D eigenvalue weighted by molar-refractivity contribution is 7.47. The maximum Gasteiger partial charge on any atom is 0.472 e. The van der Waals surface area contributed by atoms with Gasteiger partial charge in [-0.1, -0.05) is 287 Å². The van der Waals surface area contributed by atoms with Crippen LogP contribution in [-0.2, 0) is 65.4 Å². The Labute approximate surface area is 609 Å². The molecule has 0 radical (unpaired) electrons. The van der Waals surface area contributed by atoms with Gasteiger partial charge in [0.1, 0.15) is 19.3 Å². The van der Waals surface area contributed by atoms with E-state index in [1.54, 1.807) is 0 Å². The van der Waals surface area contributed by atoms with Gasteiger partial charge in [0.2, 0.25) is 0 Å². The van der Waals surface area contributed by atoms with E-state index in [1.807, 2.05) is 0 Å². The van der Waals surface area contributed by atoms with Crippen LogP contribution in [0.25, 0.3) is 0 Å². The average Bonchev–Trinajstić information content (AvgIpc) is 1.01. The molecule has 17 nitrogen and oxygen atoms in total. The Hall–Kier alpha value is -3.50. The number of phosphoric ester groups is 2. The highest BCUT2D eigenvalue weighted by atomic mass is 31.2. The van der Waals surface area contributed by atoms with Crippen molar-refractivity contribution in [2.24, 2.45) is 0 Å². The van der Waals surface area contributed by atoms with E-state index in [0.29, 0.717) is 25.7 Å². The van der Waals surface area contributed by atoms with Gasteiger partial charge in [0.25, 0.3) is 0 Å². The number of allylic oxidation sites excluding steroid dienone is 12. The van der Waals surface area contributed by atoms with Crippen LogP contribution >= 0.6 is 15.6 Å². The lowest BCUT2D eigenvalue weighted by Gasteiger charge is -2.21. The van der Waals surface area contributed by atoms with Crippen LogP contribution in [-0.4, -0.2) is 96.7 Å². The first-order chi connectivity index (χ1) is 48.7. The molecule has 5 atom stereocenters. The summed E-state index contributed by atoms with van der Waals surface area (Å²) < 4.78 is 68.6. The molecular weight excluding hydrogens is 1310 g/mol. The molecule has 19 heteroatoms. The second kappa shape index (κ2) is 73.8. The van der Waals surface area contributed by atoms with Crippen molar-refractivity contribution < 1.29 is 80.2 Å². The molecule has 0 amide bonds. The molecule has 0 aromatic heterocycles. The minimum Gasteiger partial charge on any atom is -0.462 e. The monoisotopic (exact) mass is 1450 g/mol. The normalized spacial score (nSPS) is 14.3. The van der Waals surface area contributed by atoms with E-state index in [4.69, 9.17) is 37.0 Å². The van der Waals surface area contributed by atoms with Crippen LogP contribution in [0.4, 0.5) is 0 Å². The summed E-state index contributed by atoms with van der Waals surface area (Å²) in [5, 5.41) is 10.6. The number of esters is 4. The van der Waals surface area contributed by atoms with Crippen molar-refractivity contribution >= 4 is 39.5 Å². The molecule has 582 valence electrons. The molecule has 0 spiro atoms. The Bertz CT molecular complexity index is 2180. The lowest BCUT2D eigenvalue weighted by Crippen LogP contribution is -2.30. The van der Waals surface area contributed by atoms with Crippen molar-refractivity contribution in [1.29, 1.82) is 0 Å². The Kier molecular flexibility index (Phi) is 71.2. The number of phosphoric acid groups is 2. The molecule has 0 aliphatic carbocycles. The third-order valence-electron chi connectivity index (χ3n) is 17.1. The molecule has 0 saturated heterocycles. The molecular formula is C81H146O17P2. The number of rotatable bonds is 76. The highest BCUT2D eigenvalue weighted by Crippen LogP contribution is 2.45. The molecule has 0 heterocycles. The maximum absolute atomic E-state index is 13.1. The number of carbonyl (C=O) groups is 4. The second-order valence-corrected chi connectivity index (χ2v) is 29.9. The number of carbonyl (C=O) groups excluding carboxylic acids is 4. The van der Waals surface area contributed by atoms with Gasteiger partial charge in [0.15, 0.2) is 12.2 Å². The van der Waals surface area contributed by atoms with Crippen molar-refractivity contribution in [3.05, 3.63) is 72.9 Å². The Morgan fingerprint density at radius 2 is 0.490 bits per heavy atom. The van der Waals surface area contributed by atoms with Crippen LogP contribution in [0.1, 0.15) is 362 Å². The van der Waals surface area contributed by atoms with Gasteiger partial charge in [0, 0.05) is 25.7 Å². The summed E-state index contributed by atoms with van der Waals surface area (Å²) >= 11 is 0. The fraction of sp³-hybridized carbons (Fsp3) is 0.802. The lowest BCUT2D eigenvalue weighted by atomic mass is 10.0. The van der Waals surface area contributed by atoms with Crippen LogP contribution in [0.15, 0.2) is 72.9 Å². The zero-order valence-corrected chi connectivity index (χ0v) is 65.4. The summed E-state index contributed by atoms with van der Waals surface area (Å²) in [6.45, 7) is 4.81. The predicted molar refractivity (Wildman–Crippen MR) is 409 cm³/mol. The summed E-state index contributed by atoms with van der Waals surface area (Å²) in [5.74, 6) is -2.19. The van der Waals surface area contributed by atoms with Crippen molar-refractivity contribution in [2.45, 2.75) is 380 Å². The maximum atomic E-state index is 13.1. The Morgan fingerprint density at radius 1 is 0.280 bits per heavy atom. The average molecular weight is 1450 g/mol. The molecule has 100 heavy (non-hydrogen) atoms. The molecule has 0 aromatic carbocycles. The van der Waals surface area contributed by atoms with Crippen molar-refractivity contribution in [1.82, 2.24) is 0 Å². The molecule has 0 aromatic rings. The third kappa shape index (κ3) is 72.8. The van der Waals surface area contributed by atoms with Gasteiger partial charge in [-0.15, -0.1) is 0 Å². The Balaban J connectivity index is 5.36. The highest BCUT2D eigenvalue weighted by Gasteiger charge is 2.30. The summed E-state index contributed by atoms with van der Waals surface area (Å²) in [5.41, 5.74) is 0. The molecule has 0 aliphatic heterocycles. The van der Waals surface area contributed by atoms with Gasteiger partial charge in [-0.05, 0) is 122 Å². The first-order valence-corrected chi connectivity index (χ1v) is 43.2. The minimum absolute atomic E-state index is 0.0780. The van der Waals surface area contributed by atoms with Crippen molar-refractivity contribution in [3.63, 3.8) is 0 Å². The van der Waals surface area contributed by atoms with Crippen LogP contribution in [0, 0.1) is 0 Å². The Morgan fingerprint density at radius 3 is 0.760 bits per heavy atom. The van der Waals surface area contributed by atoms with Gasteiger partial charge < -0.3 is 33.8 Å². The number of aliphatic hydroxyl groups is 1. The van der Waals surface area contributed by atoms with Crippen LogP contribution in [0.3, 0.4) is 0 Å². The molecule has 3 N–H and O–H groups in total. The SMILES string of the molecule is CCCCC/C=C\C/C=C\CCCCCCCC(=O)OC[C@H](COP(=O)(O)OC[C@@H](O)COP(=O)(O)OC[C@@H](COC(=O)CCCCCCCCCCCCCCCCC)OC(=O)CCCCCCC/C=C\C/C=C\CCCCC)OC(=O)CCCCCCC/C=C\C/C=C\CCCCC. The number of unbranched alkanes of at least 4 members (excludes halogenated alkanes) is 38. The van der Waals surface area contributed by atoms with Gasteiger partial charge in [-0.2, -0.15) is 0 Å². The number of hydrogen-bond acceptors (Lipinski definition) is 15. The molecule has 0 bridgehead atoms. The second-order valence-electron chi connectivity index (χ2n) is 27.0. The fourth-order valence-electron chi connectivity index (χ4n) is 11.0. The number of ether oxygens (including phenoxy) is 4. The van der Waals surface area contributed by atoms with Crippen LogP contribution < -0.4 is 0 Å². The smallest absolute Gasteiger partial charge is 0.462 e. The minimum atomic E-state index is -4.98. The third-order valence-corrected chi connectivity index (χ3v) is 19.0. The molecule has 0 saturated carbocycles. The van der Waals surface area contributed by atoms with Gasteiger partial charge in [-0.25, -0.2) is 9.13 Å². The summed E-state index contributed by atoms with van der Waals surface area (Å²) in [4.78, 5) is 73.0. The molecule has 0 fully saturated rings. The largest absolute Gasteiger partial charge is 0.472 e. The van der Waals surface area contributed by atoms with E-state index in [2.05, 4.69) is 101 Å². The van der Waals surface area contributed by atoms with E-state index < -0.39 is 97.5 Å². The predicted octanol–water partition coefficient (Wildman–Crippen LogP) is 23.2. The van der Waals surface area contributed by atoms with Gasteiger partial charge in [-0.3, -0.25) is 37.3 Å².